The third-order valence-corrected chi connectivity index (χ3v) is 5.26. The summed E-state index contributed by atoms with van der Waals surface area (Å²) in [5.41, 5.74) is 2.11. The third kappa shape index (κ3) is 3.26. The molecule has 5 nitrogen and oxygen atoms in total. The largest absolute Gasteiger partial charge is 0.497 e. The average molecular weight is 357 g/mol. The van der Waals surface area contributed by atoms with Gasteiger partial charge in [0.25, 0.3) is 0 Å². The maximum atomic E-state index is 5.39. The zero-order valence-electron chi connectivity index (χ0n) is 15.3. The number of nitrogens with zero attached hydrogens (tertiary/aromatic N) is 3. The Hall–Kier alpha value is -2.34. The second-order valence-corrected chi connectivity index (χ2v) is 6.60. The molecule has 132 valence electrons. The monoisotopic (exact) mass is 357 g/mol. The van der Waals surface area contributed by atoms with Crippen LogP contribution < -0.4 is 14.4 Å². The number of aromatic nitrogens is 2. The number of hydrogen-bond donors (Lipinski definition) is 0. The lowest BCUT2D eigenvalue weighted by molar-refractivity contribution is 0.394. The number of ether oxygens (including phenoxy) is 2. The zero-order valence-corrected chi connectivity index (χ0v) is 16.1. The quantitative estimate of drug-likeness (QED) is 0.649. The van der Waals surface area contributed by atoms with Gasteiger partial charge in [-0.3, -0.25) is 0 Å². The van der Waals surface area contributed by atoms with E-state index in [1.54, 1.807) is 25.6 Å². The van der Waals surface area contributed by atoms with Crippen LogP contribution >= 0.6 is 11.3 Å². The van der Waals surface area contributed by atoms with Crippen molar-refractivity contribution in [3.05, 3.63) is 29.1 Å². The van der Waals surface area contributed by atoms with E-state index in [9.17, 15) is 0 Å². The smallest absolute Gasteiger partial charge is 0.163 e. The molecule has 6 heteroatoms. The lowest BCUT2D eigenvalue weighted by Gasteiger charge is -2.21. The highest BCUT2D eigenvalue weighted by Gasteiger charge is 2.17. The summed E-state index contributed by atoms with van der Waals surface area (Å²) < 4.78 is 10.8. The van der Waals surface area contributed by atoms with Gasteiger partial charge in [-0.15, -0.1) is 11.3 Å². The number of aryl methyl sites for hydroxylation is 1. The molecule has 3 rings (SSSR count). The number of thiophene rings is 1. The molecule has 0 radical (unpaired) electrons. The van der Waals surface area contributed by atoms with Gasteiger partial charge < -0.3 is 14.4 Å². The molecule has 0 fully saturated rings. The molecule has 0 aliphatic rings. The van der Waals surface area contributed by atoms with E-state index in [0.717, 1.165) is 46.2 Å². The fourth-order valence-corrected chi connectivity index (χ4v) is 3.80. The number of rotatable bonds is 6. The molecule has 0 aliphatic heterocycles. The van der Waals surface area contributed by atoms with Gasteiger partial charge in [-0.1, -0.05) is 0 Å². The van der Waals surface area contributed by atoms with Gasteiger partial charge in [-0.25, -0.2) is 9.97 Å². The Labute approximate surface area is 152 Å². The number of methoxy groups -OCH3 is 2. The summed E-state index contributed by atoms with van der Waals surface area (Å²) in [6.07, 6.45) is 0. The Kier molecular flexibility index (Phi) is 5.08. The van der Waals surface area contributed by atoms with Gasteiger partial charge in [-0.2, -0.15) is 0 Å². The molecular weight excluding hydrogens is 334 g/mol. The van der Waals surface area contributed by atoms with Crippen LogP contribution in [-0.2, 0) is 0 Å². The predicted molar refractivity (Wildman–Crippen MR) is 104 cm³/mol. The molecule has 3 aromatic rings. The fraction of sp³-hybridized carbons (Fsp3) is 0.368. The first-order chi connectivity index (χ1) is 12.1. The van der Waals surface area contributed by atoms with Crippen molar-refractivity contribution in [3.63, 3.8) is 0 Å². The standard InChI is InChI=1S/C19H23N3O2S/c1-6-22(7-2)18-16-12(3)11-25-19(16)21-17(20-18)13-8-14(23-4)10-15(9-13)24-5/h8-11H,6-7H2,1-5H3. The summed E-state index contributed by atoms with van der Waals surface area (Å²) in [4.78, 5) is 13.0. The first kappa shape index (κ1) is 17.5. The van der Waals surface area contributed by atoms with Gasteiger partial charge in [0.15, 0.2) is 5.82 Å². The van der Waals surface area contributed by atoms with Crippen molar-refractivity contribution < 1.29 is 9.47 Å². The molecule has 1 aromatic carbocycles. The summed E-state index contributed by atoms with van der Waals surface area (Å²) in [5, 5.41) is 3.29. The number of anilines is 1. The Balaban J connectivity index is 2.24. The van der Waals surface area contributed by atoms with Gasteiger partial charge in [0.2, 0.25) is 0 Å². The van der Waals surface area contributed by atoms with E-state index in [0.29, 0.717) is 5.82 Å². The minimum Gasteiger partial charge on any atom is -0.497 e. The third-order valence-electron chi connectivity index (χ3n) is 4.27. The lowest BCUT2D eigenvalue weighted by Crippen LogP contribution is -2.23. The van der Waals surface area contributed by atoms with Crippen LogP contribution in [-0.4, -0.2) is 37.3 Å². The molecule has 0 spiro atoms. The molecular formula is C19H23N3O2S. The van der Waals surface area contributed by atoms with Crippen molar-refractivity contribution in [1.82, 2.24) is 9.97 Å². The molecule has 0 saturated heterocycles. The van der Waals surface area contributed by atoms with Crippen molar-refractivity contribution in [2.75, 3.05) is 32.2 Å². The Morgan fingerprint density at radius 2 is 1.64 bits per heavy atom. The minimum absolute atomic E-state index is 0.688. The normalized spacial score (nSPS) is 10.9. The fourth-order valence-electron chi connectivity index (χ4n) is 2.88. The second-order valence-electron chi connectivity index (χ2n) is 5.74. The Morgan fingerprint density at radius 3 is 2.20 bits per heavy atom. The van der Waals surface area contributed by atoms with Gasteiger partial charge in [0, 0.05) is 24.7 Å². The minimum atomic E-state index is 0.688. The van der Waals surface area contributed by atoms with E-state index in [1.807, 2.05) is 18.2 Å². The Bertz CT molecular complexity index is 866. The summed E-state index contributed by atoms with van der Waals surface area (Å²) >= 11 is 1.65. The number of hydrogen-bond acceptors (Lipinski definition) is 6. The van der Waals surface area contributed by atoms with Crippen molar-refractivity contribution in [1.29, 1.82) is 0 Å². The zero-order chi connectivity index (χ0) is 18.0. The molecule has 2 aromatic heterocycles. The van der Waals surface area contributed by atoms with Crippen LogP contribution in [0.15, 0.2) is 23.6 Å². The Morgan fingerprint density at radius 1 is 1.00 bits per heavy atom. The molecule has 0 amide bonds. The van der Waals surface area contributed by atoms with Crippen LogP contribution in [0.2, 0.25) is 0 Å². The van der Waals surface area contributed by atoms with Crippen LogP contribution in [0.1, 0.15) is 19.4 Å². The van der Waals surface area contributed by atoms with E-state index in [-0.39, 0.29) is 0 Å². The van der Waals surface area contributed by atoms with Crippen molar-refractivity contribution >= 4 is 27.4 Å². The first-order valence-electron chi connectivity index (χ1n) is 8.35. The second kappa shape index (κ2) is 7.27. The summed E-state index contributed by atoms with van der Waals surface area (Å²) in [5.74, 6) is 3.13. The SMILES string of the molecule is CCN(CC)c1nc(-c2cc(OC)cc(OC)c2)nc2scc(C)c12. The molecule has 0 atom stereocenters. The topological polar surface area (TPSA) is 47.5 Å². The maximum Gasteiger partial charge on any atom is 0.163 e. The maximum absolute atomic E-state index is 5.39. The highest BCUT2D eigenvalue weighted by Crippen LogP contribution is 2.35. The summed E-state index contributed by atoms with van der Waals surface area (Å²) in [6.45, 7) is 8.21. The molecule has 0 saturated carbocycles. The molecule has 0 aliphatic carbocycles. The van der Waals surface area contributed by atoms with Crippen LogP contribution in [0.5, 0.6) is 11.5 Å². The molecule has 0 unspecified atom stereocenters. The van der Waals surface area contributed by atoms with Gasteiger partial charge in [-0.05, 0) is 43.8 Å². The van der Waals surface area contributed by atoms with Crippen molar-refractivity contribution in [2.45, 2.75) is 20.8 Å². The summed E-state index contributed by atoms with van der Waals surface area (Å²) in [6, 6.07) is 5.73. The predicted octanol–water partition coefficient (Wildman–Crippen LogP) is 4.53. The average Bonchev–Trinajstić information content (AvgIpc) is 3.03. The van der Waals surface area contributed by atoms with Crippen molar-refractivity contribution in [3.8, 4) is 22.9 Å². The van der Waals surface area contributed by atoms with Crippen LogP contribution in [0.25, 0.3) is 21.6 Å². The summed E-state index contributed by atoms with van der Waals surface area (Å²) in [7, 11) is 3.29. The van der Waals surface area contributed by atoms with E-state index in [1.165, 1.54) is 5.56 Å². The van der Waals surface area contributed by atoms with Crippen LogP contribution in [0, 0.1) is 6.92 Å². The molecule has 0 N–H and O–H groups in total. The van der Waals surface area contributed by atoms with Crippen LogP contribution in [0.4, 0.5) is 5.82 Å². The highest BCUT2D eigenvalue weighted by molar-refractivity contribution is 7.17. The lowest BCUT2D eigenvalue weighted by atomic mass is 10.1. The van der Waals surface area contributed by atoms with E-state index in [4.69, 9.17) is 19.4 Å². The number of fused-ring (bicyclic) bond motifs is 1. The number of benzene rings is 1. The van der Waals surface area contributed by atoms with E-state index >= 15 is 0 Å². The molecule has 25 heavy (non-hydrogen) atoms. The molecule has 0 bridgehead atoms. The van der Waals surface area contributed by atoms with Crippen LogP contribution in [0.3, 0.4) is 0 Å². The van der Waals surface area contributed by atoms with Gasteiger partial charge in [0.05, 0.1) is 19.6 Å². The first-order valence-corrected chi connectivity index (χ1v) is 9.23. The van der Waals surface area contributed by atoms with Crippen molar-refractivity contribution in [2.24, 2.45) is 0 Å². The molecule has 2 heterocycles. The van der Waals surface area contributed by atoms with E-state index < -0.39 is 0 Å². The van der Waals surface area contributed by atoms with Gasteiger partial charge in [0.1, 0.15) is 22.1 Å². The van der Waals surface area contributed by atoms with E-state index in [2.05, 4.69) is 31.1 Å². The highest BCUT2D eigenvalue weighted by atomic mass is 32.1. The van der Waals surface area contributed by atoms with Gasteiger partial charge >= 0.3 is 0 Å².